The molecule has 0 spiro atoms. The first kappa shape index (κ1) is 17.9. The second-order valence-electron chi connectivity index (χ2n) is 6.47. The van der Waals surface area contributed by atoms with Gasteiger partial charge in [0.05, 0.1) is 11.9 Å². The molecule has 1 aromatic rings. The summed E-state index contributed by atoms with van der Waals surface area (Å²) in [5.41, 5.74) is 0.900. The molecule has 0 saturated carbocycles. The Kier molecular flexibility index (Phi) is 6.55. The van der Waals surface area contributed by atoms with Crippen molar-refractivity contribution < 1.29 is 4.74 Å². The Morgan fingerprint density at radius 3 is 2.52 bits per heavy atom. The monoisotopic (exact) mass is 294 g/mol. The van der Waals surface area contributed by atoms with Gasteiger partial charge >= 0.3 is 0 Å². The summed E-state index contributed by atoms with van der Waals surface area (Å²) in [4.78, 5) is 11.2. The summed E-state index contributed by atoms with van der Waals surface area (Å²) in [6.07, 6.45) is 1.81. The molecule has 0 aliphatic heterocycles. The molecule has 1 aromatic heterocycles. The molecule has 120 valence electrons. The normalized spacial score (nSPS) is 12.2. The number of nitrogens with one attached hydrogen (secondary N) is 1. The molecule has 0 unspecified atom stereocenters. The Hall–Kier alpha value is -1.20. The third-order valence-electron chi connectivity index (χ3n) is 3.70. The smallest absolute Gasteiger partial charge is 0.160 e. The minimum Gasteiger partial charge on any atom is -0.488 e. The van der Waals surface area contributed by atoms with Crippen molar-refractivity contribution >= 4 is 0 Å². The number of aromatic nitrogens is 2. The third kappa shape index (κ3) is 5.25. The topological polar surface area (TPSA) is 50.3 Å². The molecule has 0 atom stereocenters. The van der Waals surface area contributed by atoms with Crippen molar-refractivity contribution in [2.75, 3.05) is 27.2 Å². The van der Waals surface area contributed by atoms with E-state index >= 15 is 0 Å². The number of nitrogens with zero attached hydrogens (tertiary/aromatic N) is 3. The quantitative estimate of drug-likeness (QED) is 0.798. The van der Waals surface area contributed by atoms with E-state index in [9.17, 15) is 0 Å². The molecule has 0 aliphatic carbocycles. The van der Waals surface area contributed by atoms with E-state index in [0.29, 0.717) is 19.1 Å². The van der Waals surface area contributed by atoms with Gasteiger partial charge in [0, 0.05) is 18.0 Å². The minimum absolute atomic E-state index is 0.0355. The highest BCUT2D eigenvalue weighted by Gasteiger charge is 2.22. The molecule has 5 nitrogen and oxygen atoms in total. The predicted molar refractivity (Wildman–Crippen MR) is 86.8 cm³/mol. The fourth-order valence-electron chi connectivity index (χ4n) is 1.57. The second-order valence-corrected chi connectivity index (χ2v) is 6.47. The van der Waals surface area contributed by atoms with E-state index < -0.39 is 0 Å². The Bertz CT molecular complexity index is 444. The fourth-order valence-corrected chi connectivity index (χ4v) is 1.57. The molecule has 0 aromatic carbocycles. The molecule has 1 heterocycles. The molecule has 0 radical (unpaired) electrons. The molecule has 21 heavy (non-hydrogen) atoms. The van der Waals surface area contributed by atoms with Gasteiger partial charge < -0.3 is 15.0 Å². The third-order valence-corrected chi connectivity index (χ3v) is 3.70. The molecular formula is C16H30N4O. The van der Waals surface area contributed by atoms with Crippen LogP contribution in [0, 0.1) is 0 Å². The molecule has 0 aliphatic rings. The van der Waals surface area contributed by atoms with Crippen LogP contribution >= 0.6 is 0 Å². The average Bonchev–Trinajstić information content (AvgIpc) is 2.42. The SMILES string of the molecule is CCNCc1nc(C(C)C)ncc1OCC(C)(C)N(C)C. The van der Waals surface area contributed by atoms with E-state index in [0.717, 1.165) is 23.8 Å². The maximum atomic E-state index is 5.99. The van der Waals surface area contributed by atoms with Crippen LogP contribution in [0.5, 0.6) is 5.75 Å². The van der Waals surface area contributed by atoms with Crippen molar-refractivity contribution in [3.63, 3.8) is 0 Å². The van der Waals surface area contributed by atoms with Gasteiger partial charge in [-0.1, -0.05) is 20.8 Å². The van der Waals surface area contributed by atoms with Gasteiger partial charge in [-0.25, -0.2) is 9.97 Å². The molecule has 0 bridgehead atoms. The van der Waals surface area contributed by atoms with Crippen molar-refractivity contribution in [3.8, 4) is 5.75 Å². The first-order valence-electron chi connectivity index (χ1n) is 7.64. The number of rotatable bonds is 8. The van der Waals surface area contributed by atoms with Gasteiger partial charge in [0.15, 0.2) is 5.75 Å². The van der Waals surface area contributed by atoms with E-state index in [1.165, 1.54) is 0 Å². The van der Waals surface area contributed by atoms with Gasteiger partial charge in [-0.15, -0.1) is 0 Å². The van der Waals surface area contributed by atoms with Crippen molar-refractivity contribution in [2.45, 2.75) is 52.6 Å². The van der Waals surface area contributed by atoms with Crippen LogP contribution in [0.3, 0.4) is 0 Å². The lowest BCUT2D eigenvalue weighted by atomic mass is 10.1. The lowest BCUT2D eigenvalue weighted by Crippen LogP contribution is -2.43. The van der Waals surface area contributed by atoms with Gasteiger partial charge in [0.1, 0.15) is 12.4 Å². The van der Waals surface area contributed by atoms with E-state index in [-0.39, 0.29) is 5.54 Å². The molecular weight excluding hydrogens is 264 g/mol. The molecule has 0 amide bonds. The molecule has 0 fully saturated rings. The molecule has 1 N–H and O–H groups in total. The lowest BCUT2D eigenvalue weighted by molar-refractivity contribution is 0.112. The van der Waals surface area contributed by atoms with Crippen molar-refractivity contribution in [2.24, 2.45) is 0 Å². The largest absolute Gasteiger partial charge is 0.488 e. The van der Waals surface area contributed by atoms with Crippen LogP contribution < -0.4 is 10.1 Å². The summed E-state index contributed by atoms with van der Waals surface area (Å²) < 4.78 is 5.99. The van der Waals surface area contributed by atoms with E-state index in [4.69, 9.17) is 4.74 Å². The van der Waals surface area contributed by atoms with Crippen LogP contribution in [-0.2, 0) is 6.54 Å². The second kappa shape index (κ2) is 7.71. The van der Waals surface area contributed by atoms with Crippen LogP contribution in [0.25, 0.3) is 0 Å². The average molecular weight is 294 g/mol. The predicted octanol–water partition coefficient (Wildman–Crippen LogP) is 2.43. The van der Waals surface area contributed by atoms with Crippen molar-refractivity contribution in [1.82, 2.24) is 20.2 Å². The minimum atomic E-state index is -0.0355. The summed E-state index contributed by atoms with van der Waals surface area (Å²) >= 11 is 0. The van der Waals surface area contributed by atoms with Crippen LogP contribution in [0.1, 0.15) is 52.1 Å². The van der Waals surface area contributed by atoms with Crippen LogP contribution in [0.4, 0.5) is 0 Å². The Morgan fingerprint density at radius 1 is 1.33 bits per heavy atom. The highest BCUT2D eigenvalue weighted by Crippen LogP contribution is 2.20. The molecule has 5 heteroatoms. The summed E-state index contributed by atoms with van der Waals surface area (Å²) in [5, 5.41) is 3.31. The van der Waals surface area contributed by atoms with Gasteiger partial charge in [-0.3, -0.25) is 0 Å². The maximum absolute atomic E-state index is 5.99. The highest BCUT2D eigenvalue weighted by atomic mass is 16.5. The highest BCUT2D eigenvalue weighted by molar-refractivity contribution is 5.25. The van der Waals surface area contributed by atoms with Crippen molar-refractivity contribution in [3.05, 3.63) is 17.7 Å². The molecule has 0 saturated heterocycles. The zero-order chi connectivity index (χ0) is 16.0. The van der Waals surface area contributed by atoms with Crippen LogP contribution in [0.15, 0.2) is 6.20 Å². The Labute approximate surface area is 129 Å². The summed E-state index contributed by atoms with van der Waals surface area (Å²) in [7, 11) is 4.11. The van der Waals surface area contributed by atoms with E-state index in [2.05, 4.69) is 68.9 Å². The maximum Gasteiger partial charge on any atom is 0.160 e. The van der Waals surface area contributed by atoms with Gasteiger partial charge in [-0.05, 0) is 34.5 Å². The fraction of sp³-hybridized carbons (Fsp3) is 0.750. The lowest BCUT2D eigenvalue weighted by Gasteiger charge is -2.32. The van der Waals surface area contributed by atoms with E-state index in [1.807, 2.05) is 0 Å². The van der Waals surface area contributed by atoms with Gasteiger partial charge in [-0.2, -0.15) is 0 Å². The Balaban J connectivity index is 2.89. The number of ether oxygens (including phenoxy) is 1. The first-order valence-corrected chi connectivity index (χ1v) is 7.64. The first-order chi connectivity index (χ1) is 9.77. The van der Waals surface area contributed by atoms with E-state index in [1.54, 1.807) is 6.20 Å². The van der Waals surface area contributed by atoms with Crippen molar-refractivity contribution in [1.29, 1.82) is 0 Å². The van der Waals surface area contributed by atoms with Crippen LogP contribution in [0.2, 0.25) is 0 Å². The standard InChI is InChI=1S/C16H30N4O/c1-8-17-9-13-14(10-18-15(19-13)12(2)3)21-11-16(4,5)20(6)7/h10,12,17H,8-9,11H2,1-7H3. The summed E-state index contributed by atoms with van der Waals surface area (Å²) in [6.45, 7) is 12.8. The Morgan fingerprint density at radius 2 is 2.00 bits per heavy atom. The molecule has 1 rings (SSSR count). The summed E-state index contributed by atoms with van der Waals surface area (Å²) in [6, 6.07) is 0. The number of hydrogen-bond acceptors (Lipinski definition) is 5. The summed E-state index contributed by atoms with van der Waals surface area (Å²) in [5.74, 6) is 1.95. The van der Waals surface area contributed by atoms with Crippen LogP contribution in [-0.4, -0.2) is 47.7 Å². The zero-order valence-corrected chi connectivity index (χ0v) is 14.5. The number of likely N-dealkylation sites (N-methyl/N-ethyl adjacent to an activating group) is 1. The van der Waals surface area contributed by atoms with Gasteiger partial charge in [0.2, 0.25) is 0 Å². The van der Waals surface area contributed by atoms with Gasteiger partial charge in [0.25, 0.3) is 0 Å². The number of hydrogen-bond donors (Lipinski definition) is 1. The zero-order valence-electron chi connectivity index (χ0n) is 14.5.